The fourth-order valence-electron chi connectivity index (χ4n) is 3.72. The molecule has 2 aliphatic heterocycles. The van der Waals surface area contributed by atoms with E-state index in [2.05, 4.69) is 0 Å². The third kappa shape index (κ3) is 3.58. The van der Waals surface area contributed by atoms with Crippen LogP contribution >= 0.6 is 11.8 Å². The number of thiol groups is 1. The van der Waals surface area contributed by atoms with Gasteiger partial charge in [0, 0.05) is 17.4 Å². The number of hydrogen-bond acceptors (Lipinski definition) is 6. The van der Waals surface area contributed by atoms with Crippen LogP contribution in [0.1, 0.15) is 37.7 Å². The second-order valence-electron chi connectivity index (χ2n) is 6.59. The van der Waals surface area contributed by atoms with Gasteiger partial charge in [0.25, 0.3) is 11.0 Å². The largest absolute Gasteiger partial charge is 0.464 e. The second kappa shape index (κ2) is 7.76. The number of thioether (sulfide) groups is 1. The minimum atomic E-state index is -2.93. The highest BCUT2D eigenvalue weighted by Gasteiger charge is 2.40. The van der Waals surface area contributed by atoms with Crippen LogP contribution in [0.25, 0.3) is 10.8 Å². The van der Waals surface area contributed by atoms with E-state index in [0.29, 0.717) is 6.42 Å². The van der Waals surface area contributed by atoms with Crippen molar-refractivity contribution in [1.82, 2.24) is 0 Å². The highest BCUT2D eigenvalue weighted by Crippen LogP contribution is 2.50. The van der Waals surface area contributed by atoms with Crippen LogP contribution < -0.4 is 4.74 Å². The molecule has 0 bridgehead atoms. The van der Waals surface area contributed by atoms with E-state index >= 15 is 0 Å². The Bertz CT molecular complexity index is 844. The Balaban J connectivity index is 1.76. The molecule has 0 aromatic heterocycles. The summed E-state index contributed by atoms with van der Waals surface area (Å²) in [6, 6.07) is 11.8. The van der Waals surface area contributed by atoms with Gasteiger partial charge in [-0.3, -0.25) is 0 Å². The molecule has 26 heavy (non-hydrogen) atoms. The van der Waals surface area contributed by atoms with E-state index in [0.717, 1.165) is 60.1 Å². The Hall–Kier alpha value is -1.28. The summed E-state index contributed by atoms with van der Waals surface area (Å²) in [7, 11) is -2.93. The number of rotatable bonds is 5. The van der Waals surface area contributed by atoms with Gasteiger partial charge >= 0.3 is 0 Å². The molecule has 2 aromatic rings. The molecular formula is C19H22O5S2. The molecule has 0 spiro atoms. The Labute approximate surface area is 159 Å². The molecule has 0 N–H and O–H groups in total. The smallest absolute Gasteiger partial charge is 0.258 e. The van der Waals surface area contributed by atoms with E-state index in [4.69, 9.17) is 13.7 Å². The maximum atomic E-state index is 11.4. The van der Waals surface area contributed by atoms with Crippen molar-refractivity contribution in [2.75, 3.05) is 12.4 Å². The van der Waals surface area contributed by atoms with E-state index in [1.807, 2.05) is 36.4 Å². The van der Waals surface area contributed by atoms with Gasteiger partial charge in [0.1, 0.15) is 5.75 Å². The summed E-state index contributed by atoms with van der Waals surface area (Å²) in [5.41, 5.74) is 0.895. The lowest BCUT2D eigenvalue weighted by Crippen LogP contribution is -2.25. The summed E-state index contributed by atoms with van der Waals surface area (Å²) in [6.45, 7) is 0.727. The number of benzene rings is 2. The fraction of sp³-hybridized carbons (Fsp3) is 0.474. The van der Waals surface area contributed by atoms with E-state index in [1.54, 1.807) is 11.8 Å². The van der Waals surface area contributed by atoms with Crippen LogP contribution in [0.2, 0.25) is 0 Å². The van der Waals surface area contributed by atoms with Crippen molar-refractivity contribution in [3.05, 3.63) is 42.0 Å². The highest BCUT2D eigenvalue weighted by atomic mass is 32.2. The molecule has 2 aromatic carbocycles. The van der Waals surface area contributed by atoms with Crippen molar-refractivity contribution in [3.63, 3.8) is 0 Å². The summed E-state index contributed by atoms with van der Waals surface area (Å²) >= 11 is 1.56. The number of fused-ring (bicyclic) bond motifs is 1. The van der Waals surface area contributed by atoms with Crippen LogP contribution in [0.3, 0.4) is 0 Å². The zero-order chi connectivity index (χ0) is 18.0. The molecule has 0 radical (unpaired) electrons. The molecule has 0 amide bonds. The van der Waals surface area contributed by atoms with Gasteiger partial charge in [-0.2, -0.15) is 0 Å². The lowest BCUT2D eigenvalue weighted by atomic mass is 9.97. The number of hydrogen-bond donors (Lipinski definition) is 1. The monoisotopic (exact) mass is 394 g/mol. The Morgan fingerprint density at radius 2 is 1.92 bits per heavy atom. The topological polar surface area (TPSA) is 61.8 Å². The molecule has 4 rings (SSSR count). The van der Waals surface area contributed by atoms with Crippen LogP contribution in [0.15, 0.2) is 36.4 Å². The first-order valence-electron chi connectivity index (χ1n) is 8.96. The second-order valence-corrected chi connectivity index (χ2v) is 8.58. The van der Waals surface area contributed by atoms with Gasteiger partial charge in [-0.05, 0) is 42.9 Å². The average molecular weight is 395 g/mol. The van der Waals surface area contributed by atoms with Gasteiger partial charge in [-0.1, -0.05) is 30.3 Å². The van der Waals surface area contributed by atoms with Crippen LogP contribution in [0.5, 0.6) is 5.75 Å². The molecule has 2 unspecified atom stereocenters. The molecule has 7 heteroatoms. The summed E-state index contributed by atoms with van der Waals surface area (Å²) in [6.07, 6.45) is 4.44. The third-order valence-corrected chi connectivity index (χ3v) is 6.95. The Kier molecular flexibility index (Phi) is 5.40. The van der Waals surface area contributed by atoms with Gasteiger partial charge in [0.05, 0.1) is 6.61 Å². The van der Waals surface area contributed by atoms with E-state index in [9.17, 15) is 8.42 Å². The zero-order valence-electron chi connectivity index (χ0n) is 14.4. The number of ether oxygens (including phenoxy) is 2. The van der Waals surface area contributed by atoms with Crippen LogP contribution in [0.4, 0.5) is 0 Å². The fourth-order valence-corrected chi connectivity index (χ4v) is 5.78. The summed E-state index contributed by atoms with van der Waals surface area (Å²) in [4.78, 5) is -0.839. The first-order valence-corrected chi connectivity index (χ1v) is 11.0. The molecule has 2 aliphatic rings. The molecule has 2 saturated heterocycles. The van der Waals surface area contributed by atoms with Crippen LogP contribution in [0, 0.1) is 0 Å². The lowest BCUT2D eigenvalue weighted by Gasteiger charge is -2.28. The minimum Gasteiger partial charge on any atom is -0.464 e. The molecule has 0 aliphatic carbocycles. The molecule has 2 heterocycles. The normalized spacial score (nSPS) is 26.4. The van der Waals surface area contributed by atoms with Crippen molar-refractivity contribution >= 4 is 33.5 Å². The van der Waals surface area contributed by atoms with Crippen LogP contribution in [-0.2, 0) is 24.8 Å². The van der Waals surface area contributed by atoms with Gasteiger partial charge < -0.3 is 9.47 Å². The Morgan fingerprint density at radius 1 is 1.08 bits per heavy atom. The van der Waals surface area contributed by atoms with E-state index in [1.165, 1.54) is 0 Å². The molecule has 2 fully saturated rings. The molecule has 5 nitrogen and oxygen atoms in total. The summed E-state index contributed by atoms with van der Waals surface area (Å²) in [5.74, 6) is 1.65. The molecule has 2 atom stereocenters. The summed E-state index contributed by atoms with van der Waals surface area (Å²) < 4.78 is 40.0. The van der Waals surface area contributed by atoms with Crippen LogP contribution in [-0.4, -0.2) is 27.1 Å². The first-order chi connectivity index (χ1) is 12.7. The summed E-state index contributed by atoms with van der Waals surface area (Å²) in [5, 5.41) is 1.92. The zero-order valence-corrected chi connectivity index (χ0v) is 16.1. The van der Waals surface area contributed by atoms with Gasteiger partial charge in [0.2, 0.25) is 0 Å². The highest BCUT2D eigenvalue weighted by molar-refractivity contribution is 8.00. The lowest BCUT2D eigenvalue weighted by molar-refractivity contribution is -0.105. The van der Waals surface area contributed by atoms with Crippen molar-refractivity contribution < 1.29 is 22.1 Å². The predicted molar refractivity (Wildman–Crippen MR) is 103 cm³/mol. The van der Waals surface area contributed by atoms with Gasteiger partial charge in [0.15, 0.2) is 11.2 Å². The van der Waals surface area contributed by atoms with Gasteiger partial charge in [-0.25, -0.2) is 12.6 Å². The van der Waals surface area contributed by atoms with Gasteiger partial charge in [-0.15, -0.1) is 11.8 Å². The minimum absolute atomic E-state index is 0.222. The average Bonchev–Trinajstić information content (AvgIpc) is 3.11. The maximum Gasteiger partial charge on any atom is 0.258 e. The molecular weight excluding hydrogens is 372 g/mol. The third-order valence-electron chi connectivity index (χ3n) is 4.90. The molecule has 0 saturated carbocycles. The molecule has 140 valence electrons. The van der Waals surface area contributed by atoms with Crippen molar-refractivity contribution in [2.24, 2.45) is 0 Å². The predicted octanol–water partition coefficient (Wildman–Crippen LogP) is 3.97. The van der Waals surface area contributed by atoms with Crippen molar-refractivity contribution in [2.45, 2.75) is 43.3 Å². The Morgan fingerprint density at radius 3 is 2.62 bits per heavy atom. The SMILES string of the molecule is O=[SH](=O)OC1(c2ccc(OC3CCCCO3)c3ccccc23)CCCS1. The first kappa shape index (κ1) is 18.1. The van der Waals surface area contributed by atoms with Crippen molar-refractivity contribution in [1.29, 1.82) is 0 Å². The van der Waals surface area contributed by atoms with E-state index in [-0.39, 0.29) is 6.29 Å². The van der Waals surface area contributed by atoms with Crippen molar-refractivity contribution in [3.8, 4) is 5.75 Å². The van der Waals surface area contributed by atoms with E-state index < -0.39 is 15.9 Å². The standard InChI is InChI=1S/C19H22O5S2/c20-26(21)24-19(11-5-13-25-19)16-9-10-17(15-7-2-1-6-14(15)16)23-18-8-3-4-12-22-18/h1-2,6-7,9-10,18,26H,3-5,8,11-13H2. The maximum absolute atomic E-state index is 11.4. The quantitative estimate of drug-likeness (QED) is 0.775.